The van der Waals surface area contributed by atoms with Crippen molar-refractivity contribution in [2.24, 2.45) is 0 Å². The van der Waals surface area contributed by atoms with Crippen molar-refractivity contribution in [3.05, 3.63) is 53.2 Å². The van der Waals surface area contributed by atoms with E-state index in [1.807, 2.05) is 0 Å². The third-order valence-electron chi connectivity index (χ3n) is 1.67. The fourth-order valence-electron chi connectivity index (χ4n) is 1.02. The first-order valence-electron chi connectivity index (χ1n) is 4.07. The van der Waals surface area contributed by atoms with Crippen LogP contribution in [-0.4, -0.2) is 14.9 Å². The Morgan fingerprint density at radius 3 is 2.57 bits per heavy atom. The van der Waals surface area contributed by atoms with Gasteiger partial charge in [-0.1, -0.05) is 18.2 Å². The van der Waals surface area contributed by atoms with Crippen LogP contribution in [0, 0.1) is 0 Å². The van der Waals surface area contributed by atoms with Gasteiger partial charge in [0.15, 0.2) is 0 Å². The van der Waals surface area contributed by atoms with E-state index in [0.717, 1.165) is 0 Å². The Hall–Kier alpha value is -2.17. The van der Waals surface area contributed by atoms with Crippen LogP contribution < -0.4 is 10.9 Å². The molecule has 0 bridgehead atoms. The van der Waals surface area contributed by atoms with Crippen LogP contribution in [0.25, 0.3) is 0 Å². The minimum atomic E-state index is -0.0799. The van der Waals surface area contributed by atoms with Crippen LogP contribution in [-0.2, 0) is 0 Å². The van der Waals surface area contributed by atoms with Gasteiger partial charge in [-0.2, -0.15) is 0 Å². The lowest BCUT2D eigenvalue weighted by atomic mass is 10.4. The largest absolute Gasteiger partial charge is 0.288 e. The summed E-state index contributed by atoms with van der Waals surface area (Å²) in [7, 11) is 0. The van der Waals surface area contributed by atoms with Crippen molar-refractivity contribution in [2.75, 3.05) is 5.43 Å². The summed E-state index contributed by atoms with van der Waals surface area (Å²) in [6.45, 7) is 0. The quantitative estimate of drug-likeness (QED) is 0.746. The lowest BCUT2D eigenvalue weighted by Crippen LogP contribution is -2.12. The molecular weight excluding hydrogens is 180 g/mol. The number of aromatic nitrogens is 3. The second kappa shape index (κ2) is 3.69. The smallest absolute Gasteiger partial charge is 0.203 e. The van der Waals surface area contributed by atoms with Gasteiger partial charge in [-0.25, -0.2) is 4.68 Å². The van der Waals surface area contributed by atoms with Crippen LogP contribution in [0.5, 0.6) is 0 Å². The Morgan fingerprint density at radius 1 is 1.07 bits per heavy atom. The third kappa shape index (κ3) is 1.77. The molecule has 0 saturated carbocycles. The molecule has 0 unspecified atom stereocenters. The monoisotopic (exact) mass is 188 g/mol. The summed E-state index contributed by atoms with van der Waals surface area (Å²) in [5, 5.41) is 7.22. The average Bonchev–Trinajstić information content (AvgIpc) is 2.60. The highest BCUT2D eigenvalue weighted by molar-refractivity contribution is 5.40. The fourth-order valence-corrected chi connectivity index (χ4v) is 1.02. The van der Waals surface area contributed by atoms with Gasteiger partial charge in [0, 0.05) is 0 Å². The van der Waals surface area contributed by atoms with E-state index in [1.54, 1.807) is 24.3 Å². The van der Waals surface area contributed by atoms with E-state index in [4.69, 9.17) is 0 Å². The summed E-state index contributed by atoms with van der Waals surface area (Å²) in [5.74, 6) is 0. The Balaban J connectivity index is 2.35. The summed E-state index contributed by atoms with van der Waals surface area (Å²) < 4.78 is 1.51. The second-order valence-corrected chi connectivity index (χ2v) is 2.67. The van der Waals surface area contributed by atoms with Gasteiger partial charge in [-0.05, 0) is 12.1 Å². The zero-order chi connectivity index (χ0) is 9.80. The van der Waals surface area contributed by atoms with Gasteiger partial charge in [-0.3, -0.25) is 10.2 Å². The van der Waals surface area contributed by atoms with Crippen molar-refractivity contribution in [1.82, 2.24) is 14.9 Å². The SMILES string of the molecule is O=c1cccccc1Nn1cnnc1. The van der Waals surface area contributed by atoms with Gasteiger partial charge < -0.3 is 0 Å². The number of hydrogen-bond donors (Lipinski definition) is 1. The van der Waals surface area contributed by atoms with Crippen molar-refractivity contribution < 1.29 is 0 Å². The molecule has 5 heteroatoms. The molecule has 1 aromatic carbocycles. The molecule has 0 spiro atoms. The van der Waals surface area contributed by atoms with Crippen LogP contribution >= 0.6 is 0 Å². The maximum Gasteiger partial charge on any atom is 0.203 e. The Labute approximate surface area is 80.0 Å². The summed E-state index contributed by atoms with van der Waals surface area (Å²) in [5.41, 5.74) is 3.25. The van der Waals surface area contributed by atoms with Crippen LogP contribution in [0.2, 0.25) is 0 Å². The van der Waals surface area contributed by atoms with Crippen LogP contribution in [0.15, 0.2) is 47.8 Å². The molecule has 2 aromatic rings. The molecule has 0 amide bonds. The maximum absolute atomic E-state index is 11.4. The summed E-state index contributed by atoms with van der Waals surface area (Å²) >= 11 is 0. The standard InChI is InChI=1S/C9H8N4O/c14-9-5-3-1-2-4-8(9)12-13-6-10-11-7-13/h1-7H,(H,12,14). The van der Waals surface area contributed by atoms with Crippen LogP contribution in [0.4, 0.5) is 5.69 Å². The van der Waals surface area contributed by atoms with Crippen molar-refractivity contribution in [2.45, 2.75) is 0 Å². The lowest BCUT2D eigenvalue weighted by molar-refractivity contribution is 0.950. The van der Waals surface area contributed by atoms with Gasteiger partial charge in [0.1, 0.15) is 18.3 Å². The molecule has 5 nitrogen and oxygen atoms in total. The highest BCUT2D eigenvalue weighted by atomic mass is 16.1. The van der Waals surface area contributed by atoms with E-state index in [9.17, 15) is 4.79 Å². The average molecular weight is 188 g/mol. The highest BCUT2D eigenvalue weighted by Gasteiger charge is 1.95. The predicted molar refractivity (Wildman–Crippen MR) is 51.8 cm³/mol. The number of nitrogens with zero attached hydrogens (tertiary/aromatic N) is 3. The molecule has 0 saturated heterocycles. The van der Waals surface area contributed by atoms with Gasteiger partial charge in [0.2, 0.25) is 5.43 Å². The van der Waals surface area contributed by atoms with Gasteiger partial charge in [0.05, 0.1) is 0 Å². The third-order valence-corrected chi connectivity index (χ3v) is 1.67. The molecular formula is C9H8N4O. The predicted octanol–water partition coefficient (Wildman–Crippen LogP) is 0.513. The molecule has 0 fully saturated rings. The lowest BCUT2D eigenvalue weighted by Gasteiger charge is -2.01. The first kappa shape index (κ1) is 8.43. The van der Waals surface area contributed by atoms with Gasteiger partial charge in [0.25, 0.3) is 0 Å². The molecule has 1 aromatic heterocycles. The van der Waals surface area contributed by atoms with E-state index in [1.165, 1.54) is 23.4 Å². The molecule has 14 heavy (non-hydrogen) atoms. The molecule has 1 N–H and O–H groups in total. The number of hydrogen-bond acceptors (Lipinski definition) is 4. The van der Waals surface area contributed by atoms with E-state index in [2.05, 4.69) is 15.6 Å². The summed E-state index contributed by atoms with van der Waals surface area (Å²) in [4.78, 5) is 11.4. The van der Waals surface area contributed by atoms with Gasteiger partial charge >= 0.3 is 0 Å². The van der Waals surface area contributed by atoms with Crippen molar-refractivity contribution in [1.29, 1.82) is 0 Å². The van der Waals surface area contributed by atoms with Crippen molar-refractivity contribution >= 4 is 5.69 Å². The van der Waals surface area contributed by atoms with Gasteiger partial charge in [-0.15, -0.1) is 10.2 Å². The van der Waals surface area contributed by atoms with Crippen molar-refractivity contribution in [3.8, 4) is 0 Å². The molecule has 0 atom stereocenters. The number of rotatable bonds is 2. The summed E-state index contributed by atoms with van der Waals surface area (Å²) in [6.07, 6.45) is 2.96. The van der Waals surface area contributed by atoms with E-state index in [0.29, 0.717) is 5.69 Å². The molecule has 0 radical (unpaired) electrons. The summed E-state index contributed by atoms with van der Waals surface area (Å²) in [6, 6.07) is 8.46. The zero-order valence-corrected chi connectivity index (χ0v) is 7.29. The molecule has 0 aliphatic rings. The van der Waals surface area contributed by atoms with E-state index in [-0.39, 0.29) is 5.43 Å². The Kier molecular flexibility index (Phi) is 2.22. The normalized spacial score (nSPS) is 9.71. The van der Waals surface area contributed by atoms with Crippen molar-refractivity contribution in [3.63, 3.8) is 0 Å². The second-order valence-electron chi connectivity index (χ2n) is 2.67. The molecule has 70 valence electrons. The molecule has 0 aliphatic heterocycles. The minimum absolute atomic E-state index is 0.0799. The van der Waals surface area contributed by atoms with E-state index < -0.39 is 0 Å². The van der Waals surface area contributed by atoms with E-state index >= 15 is 0 Å². The first-order chi connectivity index (χ1) is 6.86. The molecule has 1 heterocycles. The number of anilines is 1. The molecule has 2 rings (SSSR count). The highest BCUT2D eigenvalue weighted by Crippen LogP contribution is 1.96. The Morgan fingerprint density at radius 2 is 1.79 bits per heavy atom. The van der Waals surface area contributed by atoms with Crippen LogP contribution in [0.3, 0.4) is 0 Å². The Bertz CT molecular complexity index is 466. The molecule has 0 aliphatic carbocycles. The first-order valence-corrected chi connectivity index (χ1v) is 4.07. The topological polar surface area (TPSA) is 59.8 Å². The zero-order valence-electron chi connectivity index (χ0n) is 7.29. The van der Waals surface area contributed by atoms with Crippen LogP contribution in [0.1, 0.15) is 0 Å². The minimum Gasteiger partial charge on any atom is -0.288 e. The number of nitrogens with one attached hydrogen (secondary N) is 1. The maximum atomic E-state index is 11.4. The fraction of sp³-hybridized carbons (Fsp3) is 0.